The van der Waals surface area contributed by atoms with Crippen molar-refractivity contribution in [3.05, 3.63) is 97.5 Å². The number of nitro groups is 1. The van der Waals surface area contributed by atoms with E-state index in [1.54, 1.807) is 0 Å². The molecule has 10 N–H and O–H groups in total. The second-order valence-corrected chi connectivity index (χ2v) is 11.8. The summed E-state index contributed by atoms with van der Waals surface area (Å²) < 4.78 is 0. The number of carbonyl (C=O) groups is 5. The van der Waals surface area contributed by atoms with Crippen molar-refractivity contribution in [3.8, 4) is 0 Å². The van der Waals surface area contributed by atoms with Gasteiger partial charge in [-0.25, -0.2) is 29.8 Å². The lowest BCUT2D eigenvalue weighted by atomic mass is 9.87. The van der Waals surface area contributed by atoms with Crippen LogP contribution in [0.25, 0.3) is 0 Å². The molecule has 55 heavy (non-hydrogen) atoms. The number of hydrogen-bond acceptors (Lipinski definition) is 13. The van der Waals surface area contributed by atoms with Crippen LogP contribution in [0.3, 0.4) is 0 Å². The minimum atomic E-state index is -2.24. The van der Waals surface area contributed by atoms with Crippen LogP contribution in [0.1, 0.15) is 10.4 Å². The number of Topliss-reactive ketones (excluding diaryl/α,β-unsaturated/α-hetero) is 1. The van der Waals surface area contributed by atoms with Crippen LogP contribution < -0.4 is 32.7 Å². The summed E-state index contributed by atoms with van der Waals surface area (Å²) in [6.07, 6.45) is 0. The number of aromatic nitrogens is 6. The van der Waals surface area contributed by atoms with Gasteiger partial charge in [-0.15, -0.1) is 10.2 Å². The fourth-order valence-corrected chi connectivity index (χ4v) is 4.99. The van der Waals surface area contributed by atoms with Crippen LogP contribution in [0, 0.1) is 16.0 Å². The summed E-state index contributed by atoms with van der Waals surface area (Å²) >= 11 is 17.9. The monoisotopic (exact) mass is 809 g/mol. The molecule has 2 heterocycles. The smallest absolute Gasteiger partial charge is 0.326 e. The van der Waals surface area contributed by atoms with Crippen molar-refractivity contribution < 1.29 is 28.9 Å². The zero-order valence-corrected chi connectivity index (χ0v) is 29.5. The molecule has 280 valence electrons. The third-order valence-corrected chi connectivity index (χ3v) is 7.71. The molecule has 0 unspecified atom stereocenters. The lowest BCUT2D eigenvalue weighted by Crippen LogP contribution is -2.44. The standard InChI is InChI=1S/C30H22Cl3N15O7/c31-12-4-8-14(9-5-12)36-29(52)42-27-40-25(44-46-27)38-20(23(34)50)18(22(49)16-2-1-3-17(19(16)33)48(54)55)21(24(35)51)39-26-41-28(47-45-26)43-30(53)37-15-10-6-13(32)7-11-15/h1-11,18H,(H2,34,50)(H2,35,51)(H3,36,40,42,44,46,52)(H3,37,41,43,45,47,53)/b38-20-,39-21-. The number of nitrogens with two attached hydrogens (primary N) is 2. The van der Waals surface area contributed by atoms with E-state index in [0.717, 1.165) is 18.2 Å². The highest BCUT2D eigenvalue weighted by Gasteiger charge is 2.39. The zero-order chi connectivity index (χ0) is 39.8. The molecule has 22 nitrogen and oxygen atoms in total. The first-order chi connectivity index (χ1) is 26.2. The SMILES string of the molecule is NC(=O)/C(=N\c1nc(NC(=O)Nc2ccc(Cl)cc2)n[nH]1)C(C(=O)c1cccc([N+](=O)[O-])c1Cl)/C(=N/c1nc(NC(=O)Nc2ccc(Cl)cc2)n[nH]1)C(N)=O. The lowest BCUT2D eigenvalue weighted by molar-refractivity contribution is -0.384. The molecular formula is C30H22Cl3N15O7. The summed E-state index contributed by atoms with van der Waals surface area (Å²) in [5, 5.41) is 33.6. The predicted octanol–water partition coefficient (Wildman–Crippen LogP) is 4.39. The van der Waals surface area contributed by atoms with Crippen LogP contribution in [0.15, 0.2) is 76.7 Å². The molecule has 6 amide bonds. The Balaban J connectivity index is 1.50. The number of carbonyl (C=O) groups excluding carboxylic acids is 5. The highest BCUT2D eigenvalue weighted by Crippen LogP contribution is 2.31. The molecule has 0 aliphatic rings. The van der Waals surface area contributed by atoms with Crippen molar-refractivity contribution in [1.82, 2.24) is 30.4 Å². The van der Waals surface area contributed by atoms with Gasteiger partial charge in [-0.1, -0.05) is 40.9 Å². The zero-order valence-electron chi connectivity index (χ0n) is 27.2. The van der Waals surface area contributed by atoms with Gasteiger partial charge < -0.3 is 22.1 Å². The molecule has 2 aromatic heterocycles. The van der Waals surface area contributed by atoms with E-state index >= 15 is 0 Å². The Kier molecular flexibility index (Phi) is 12.0. The van der Waals surface area contributed by atoms with Crippen molar-refractivity contribution in [2.24, 2.45) is 27.4 Å². The number of ketones is 1. The number of anilines is 4. The maximum absolute atomic E-state index is 14.2. The van der Waals surface area contributed by atoms with E-state index < -0.39 is 80.1 Å². The average Bonchev–Trinajstić information content (AvgIpc) is 3.77. The number of aromatic amines is 2. The first-order valence-electron chi connectivity index (χ1n) is 14.9. The molecule has 0 saturated heterocycles. The van der Waals surface area contributed by atoms with Gasteiger partial charge in [0.05, 0.1) is 4.92 Å². The fraction of sp³-hybridized carbons (Fsp3) is 0.0333. The van der Waals surface area contributed by atoms with E-state index in [0.29, 0.717) is 21.4 Å². The molecule has 25 heteroatoms. The van der Waals surface area contributed by atoms with Crippen LogP contribution in [0.2, 0.25) is 15.1 Å². The number of nitrogens with zero attached hydrogens (tertiary/aromatic N) is 7. The number of amides is 6. The number of halogens is 3. The van der Waals surface area contributed by atoms with Crippen molar-refractivity contribution >= 4 is 117 Å². The molecule has 0 fully saturated rings. The Bertz CT molecular complexity index is 2250. The molecule has 0 bridgehead atoms. The molecule has 0 atom stereocenters. The number of H-pyrrole nitrogens is 2. The van der Waals surface area contributed by atoms with Gasteiger partial charge in [0.25, 0.3) is 29.4 Å². The van der Waals surface area contributed by atoms with Crippen LogP contribution in [0.5, 0.6) is 0 Å². The second kappa shape index (κ2) is 17.0. The van der Waals surface area contributed by atoms with Gasteiger partial charge in [0.2, 0.25) is 11.9 Å². The minimum Gasteiger partial charge on any atom is -0.365 e. The van der Waals surface area contributed by atoms with Crippen LogP contribution >= 0.6 is 34.8 Å². The Morgan fingerprint density at radius 2 is 1.13 bits per heavy atom. The number of urea groups is 2. The Hall–Kier alpha value is -7.30. The molecule has 0 saturated carbocycles. The predicted molar refractivity (Wildman–Crippen MR) is 199 cm³/mol. The highest BCUT2D eigenvalue weighted by atomic mass is 35.5. The number of nitrogens with one attached hydrogen (secondary N) is 6. The summed E-state index contributed by atoms with van der Waals surface area (Å²) in [4.78, 5) is 91.6. The molecule has 5 aromatic rings. The Morgan fingerprint density at radius 3 is 1.53 bits per heavy atom. The van der Waals surface area contributed by atoms with Crippen LogP contribution in [-0.2, 0) is 9.59 Å². The molecular weight excluding hydrogens is 789 g/mol. The van der Waals surface area contributed by atoms with E-state index in [-0.39, 0.29) is 11.9 Å². The van der Waals surface area contributed by atoms with Gasteiger partial charge in [-0.3, -0.25) is 35.1 Å². The number of aliphatic imine (C=N–C) groups is 2. The highest BCUT2D eigenvalue weighted by molar-refractivity contribution is 6.58. The van der Waals surface area contributed by atoms with Crippen LogP contribution in [0.4, 0.5) is 50.4 Å². The van der Waals surface area contributed by atoms with Crippen molar-refractivity contribution in [2.75, 3.05) is 21.3 Å². The van der Waals surface area contributed by atoms with E-state index in [1.807, 2.05) is 0 Å². The van der Waals surface area contributed by atoms with Crippen LogP contribution in [-0.4, -0.2) is 76.4 Å². The summed E-state index contributed by atoms with van der Waals surface area (Å²) in [5.74, 6) is -8.16. The van der Waals surface area contributed by atoms with Crippen molar-refractivity contribution in [3.63, 3.8) is 0 Å². The number of primary amides is 2. The molecule has 0 aliphatic heterocycles. The summed E-state index contributed by atoms with van der Waals surface area (Å²) in [5.41, 5.74) is 8.85. The number of benzene rings is 3. The average molecular weight is 811 g/mol. The Morgan fingerprint density at radius 1 is 0.691 bits per heavy atom. The van der Waals surface area contributed by atoms with Gasteiger partial charge in [0.15, 0.2) is 5.78 Å². The largest absolute Gasteiger partial charge is 0.365 e. The molecule has 0 aliphatic carbocycles. The first kappa shape index (κ1) is 38.9. The molecule has 5 rings (SSSR count). The third kappa shape index (κ3) is 9.98. The number of rotatable bonds is 13. The van der Waals surface area contributed by atoms with Gasteiger partial charge in [0, 0.05) is 33.0 Å². The van der Waals surface area contributed by atoms with Crippen molar-refractivity contribution in [1.29, 1.82) is 0 Å². The molecule has 0 spiro atoms. The molecule has 0 radical (unpaired) electrons. The normalized spacial score (nSPS) is 12.0. The fourth-order valence-electron chi connectivity index (χ4n) is 4.45. The van der Waals surface area contributed by atoms with Gasteiger partial charge >= 0.3 is 12.1 Å². The van der Waals surface area contributed by atoms with E-state index in [1.165, 1.54) is 48.5 Å². The lowest BCUT2D eigenvalue weighted by Gasteiger charge is -2.17. The molecule has 3 aromatic carbocycles. The van der Waals surface area contributed by atoms with E-state index in [4.69, 9.17) is 46.3 Å². The van der Waals surface area contributed by atoms with Gasteiger partial charge in [-0.2, -0.15) is 9.97 Å². The quantitative estimate of drug-likeness (QED) is 0.0357. The van der Waals surface area contributed by atoms with E-state index in [9.17, 15) is 34.1 Å². The third-order valence-electron chi connectivity index (χ3n) is 6.81. The van der Waals surface area contributed by atoms with Gasteiger partial charge in [0.1, 0.15) is 22.4 Å². The summed E-state index contributed by atoms with van der Waals surface area (Å²) in [6, 6.07) is 13.8. The minimum absolute atomic E-state index is 0.363. The first-order valence-corrected chi connectivity index (χ1v) is 16.1. The van der Waals surface area contributed by atoms with E-state index in [2.05, 4.69) is 61.6 Å². The second-order valence-electron chi connectivity index (χ2n) is 10.6. The maximum atomic E-state index is 14.2. The number of hydrogen-bond donors (Lipinski definition) is 8. The summed E-state index contributed by atoms with van der Waals surface area (Å²) in [6.45, 7) is 0. The van der Waals surface area contributed by atoms with Gasteiger partial charge in [-0.05, 0) is 54.6 Å². The Labute approximate surface area is 321 Å². The maximum Gasteiger partial charge on any atom is 0.326 e. The topological polar surface area (TPSA) is 337 Å². The summed E-state index contributed by atoms with van der Waals surface area (Å²) in [7, 11) is 0. The number of nitro benzene ring substituents is 1. The van der Waals surface area contributed by atoms with Crippen molar-refractivity contribution in [2.45, 2.75) is 0 Å².